The monoisotopic (exact) mass is 412 g/mol. The summed E-state index contributed by atoms with van der Waals surface area (Å²) in [7, 11) is 0. The van der Waals surface area contributed by atoms with Crippen molar-refractivity contribution >= 4 is 34.0 Å². The van der Waals surface area contributed by atoms with Gasteiger partial charge in [0.2, 0.25) is 0 Å². The fraction of sp³-hybridized carbons (Fsp3) is 0.273. The molecule has 28 heavy (non-hydrogen) atoms. The van der Waals surface area contributed by atoms with Crippen molar-refractivity contribution in [3.8, 4) is 11.3 Å². The molecule has 4 nitrogen and oxygen atoms in total. The minimum atomic E-state index is -0.147. The van der Waals surface area contributed by atoms with E-state index in [4.69, 9.17) is 21.3 Å². The molecule has 0 radical (unpaired) electrons. The van der Waals surface area contributed by atoms with E-state index in [0.29, 0.717) is 22.3 Å². The summed E-state index contributed by atoms with van der Waals surface area (Å²) in [6, 6.07) is 15.4. The van der Waals surface area contributed by atoms with Crippen molar-refractivity contribution in [1.82, 2.24) is 4.98 Å². The Morgan fingerprint density at radius 1 is 1.25 bits per heavy atom. The number of hydrogen-bond donors (Lipinski definition) is 0. The molecule has 1 aromatic heterocycles. The maximum Gasteiger partial charge on any atom is 0.261 e. The minimum absolute atomic E-state index is 0.0261. The number of rotatable bonds is 5. The lowest BCUT2D eigenvalue weighted by molar-refractivity contribution is 0.0917. The highest BCUT2D eigenvalue weighted by Gasteiger charge is 2.27. The molecule has 0 saturated carbocycles. The maximum absolute atomic E-state index is 13.3. The normalized spacial score (nSPS) is 16.3. The van der Waals surface area contributed by atoms with E-state index in [1.165, 1.54) is 16.9 Å². The van der Waals surface area contributed by atoms with Gasteiger partial charge in [-0.3, -0.25) is 9.69 Å². The van der Waals surface area contributed by atoms with Crippen molar-refractivity contribution in [1.29, 1.82) is 0 Å². The Morgan fingerprint density at radius 3 is 2.75 bits per heavy atom. The molecule has 144 valence electrons. The summed E-state index contributed by atoms with van der Waals surface area (Å²) < 4.78 is 5.78. The first-order valence-electron chi connectivity index (χ1n) is 9.32. The molecule has 1 amide bonds. The highest BCUT2D eigenvalue weighted by Crippen LogP contribution is 2.30. The number of anilines is 1. The van der Waals surface area contributed by atoms with Crippen LogP contribution >= 0.6 is 22.9 Å². The Hall–Kier alpha value is -2.21. The van der Waals surface area contributed by atoms with Gasteiger partial charge in [0.15, 0.2) is 5.13 Å². The fourth-order valence-electron chi connectivity index (χ4n) is 3.27. The van der Waals surface area contributed by atoms with Crippen molar-refractivity contribution in [2.45, 2.75) is 25.9 Å². The van der Waals surface area contributed by atoms with Crippen LogP contribution in [0.3, 0.4) is 0 Å². The third kappa shape index (κ3) is 4.12. The summed E-state index contributed by atoms with van der Waals surface area (Å²) in [5, 5.41) is 3.10. The van der Waals surface area contributed by atoms with Gasteiger partial charge in [-0.25, -0.2) is 4.98 Å². The van der Waals surface area contributed by atoms with Gasteiger partial charge >= 0.3 is 0 Å². The van der Waals surface area contributed by atoms with Crippen molar-refractivity contribution < 1.29 is 9.53 Å². The van der Waals surface area contributed by atoms with Gasteiger partial charge in [-0.15, -0.1) is 11.3 Å². The number of amides is 1. The van der Waals surface area contributed by atoms with Gasteiger partial charge in [-0.1, -0.05) is 53.6 Å². The third-order valence-electron chi connectivity index (χ3n) is 4.83. The molecule has 1 saturated heterocycles. The van der Waals surface area contributed by atoms with Crippen LogP contribution in [0, 0.1) is 6.92 Å². The second-order valence-corrected chi connectivity index (χ2v) is 8.16. The highest BCUT2D eigenvalue weighted by atomic mass is 35.5. The topological polar surface area (TPSA) is 42.4 Å². The SMILES string of the molecule is Cc1ccc(-c2csc(N(C[C@@H]3CCCO3)C(=O)c3ccccc3Cl)n2)cc1. The quantitative estimate of drug-likeness (QED) is 0.548. The van der Waals surface area contributed by atoms with Gasteiger partial charge in [-0.05, 0) is 31.9 Å². The van der Waals surface area contributed by atoms with Crippen LogP contribution in [-0.4, -0.2) is 30.1 Å². The van der Waals surface area contributed by atoms with E-state index in [0.717, 1.165) is 30.7 Å². The summed E-state index contributed by atoms with van der Waals surface area (Å²) in [6.07, 6.45) is 1.99. The first kappa shape index (κ1) is 19.1. The number of nitrogens with zero attached hydrogens (tertiary/aromatic N) is 2. The van der Waals surface area contributed by atoms with Crippen molar-refractivity contribution in [3.63, 3.8) is 0 Å². The number of ether oxygens (including phenoxy) is 1. The zero-order valence-electron chi connectivity index (χ0n) is 15.6. The lowest BCUT2D eigenvalue weighted by Gasteiger charge is -2.23. The molecule has 4 rings (SSSR count). The number of aromatic nitrogens is 1. The van der Waals surface area contributed by atoms with Crippen molar-refractivity contribution in [2.24, 2.45) is 0 Å². The zero-order valence-corrected chi connectivity index (χ0v) is 17.2. The van der Waals surface area contributed by atoms with E-state index >= 15 is 0 Å². The van der Waals surface area contributed by atoms with Crippen LogP contribution in [0.2, 0.25) is 5.02 Å². The third-order valence-corrected chi connectivity index (χ3v) is 6.02. The Bertz CT molecular complexity index is 965. The molecule has 0 bridgehead atoms. The molecule has 0 spiro atoms. The van der Waals surface area contributed by atoms with E-state index < -0.39 is 0 Å². The summed E-state index contributed by atoms with van der Waals surface area (Å²) in [5.41, 5.74) is 3.59. The van der Waals surface area contributed by atoms with E-state index in [9.17, 15) is 4.79 Å². The smallest absolute Gasteiger partial charge is 0.261 e. The Labute approximate surface area is 173 Å². The van der Waals surface area contributed by atoms with Gasteiger partial charge in [0.1, 0.15) is 0 Å². The van der Waals surface area contributed by atoms with E-state index in [1.807, 2.05) is 17.5 Å². The molecule has 1 atom stereocenters. The van der Waals surface area contributed by atoms with Gasteiger partial charge in [-0.2, -0.15) is 0 Å². The molecule has 0 aliphatic carbocycles. The first-order chi connectivity index (χ1) is 13.6. The van der Waals surface area contributed by atoms with Crippen LogP contribution in [0.4, 0.5) is 5.13 Å². The predicted molar refractivity (Wildman–Crippen MR) is 114 cm³/mol. The van der Waals surface area contributed by atoms with Gasteiger partial charge < -0.3 is 4.74 Å². The molecule has 1 aliphatic rings. The molecule has 1 fully saturated rings. The van der Waals surface area contributed by atoms with Crippen LogP contribution in [0.1, 0.15) is 28.8 Å². The second kappa shape index (κ2) is 8.43. The number of halogens is 1. The van der Waals surface area contributed by atoms with Crippen LogP contribution in [0.25, 0.3) is 11.3 Å². The maximum atomic E-state index is 13.3. The van der Waals surface area contributed by atoms with Gasteiger partial charge in [0.25, 0.3) is 5.91 Å². The van der Waals surface area contributed by atoms with Crippen molar-refractivity contribution in [3.05, 3.63) is 70.1 Å². The number of thiazole rings is 1. The summed E-state index contributed by atoms with van der Waals surface area (Å²) in [4.78, 5) is 19.8. The number of carbonyl (C=O) groups excluding carboxylic acids is 1. The molecule has 3 aromatic rings. The van der Waals surface area contributed by atoms with Crippen LogP contribution in [0.15, 0.2) is 53.9 Å². The average molecular weight is 413 g/mol. The molecular formula is C22H21ClN2O2S. The molecule has 0 N–H and O–H groups in total. The molecule has 1 aliphatic heterocycles. The van der Waals surface area contributed by atoms with E-state index in [-0.39, 0.29) is 12.0 Å². The first-order valence-corrected chi connectivity index (χ1v) is 10.6. The Balaban J connectivity index is 1.66. The Morgan fingerprint density at radius 2 is 2.04 bits per heavy atom. The van der Waals surface area contributed by atoms with E-state index in [2.05, 4.69) is 31.2 Å². The van der Waals surface area contributed by atoms with Gasteiger partial charge in [0.05, 0.1) is 28.9 Å². The number of carbonyl (C=O) groups is 1. The highest BCUT2D eigenvalue weighted by molar-refractivity contribution is 7.14. The van der Waals surface area contributed by atoms with Crippen LogP contribution in [0.5, 0.6) is 0 Å². The number of hydrogen-bond acceptors (Lipinski definition) is 4. The molecule has 2 heterocycles. The molecule has 0 unspecified atom stereocenters. The number of aryl methyl sites for hydroxylation is 1. The van der Waals surface area contributed by atoms with Crippen molar-refractivity contribution in [2.75, 3.05) is 18.1 Å². The summed E-state index contributed by atoms with van der Waals surface area (Å²) in [5.74, 6) is -0.147. The number of benzene rings is 2. The standard InChI is InChI=1S/C22H21ClN2O2S/c1-15-8-10-16(11-9-15)20-14-28-22(24-20)25(13-17-5-4-12-27-17)21(26)18-6-2-3-7-19(18)23/h2-3,6-11,14,17H,4-5,12-13H2,1H3/t17-/m0/s1. The summed E-state index contributed by atoms with van der Waals surface area (Å²) >= 11 is 7.75. The predicted octanol–water partition coefficient (Wildman–Crippen LogP) is 5.60. The van der Waals surface area contributed by atoms with Gasteiger partial charge in [0, 0.05) is 17.6 Å². The second-order valence-electron chi connectivity index (χ2n) is 6.91. The van der Waals surface area contributed by atoms with Crippen LogP contribution < -0.4 is 4.90 Å². The largest absolute Gasteiger partial charge is 0.376 e. The zero-order chi connectivity index (χ0) is 19.5. The Kier molecular flexibility index (Phi) is 5.76. The lowest BCUT2D eigenvalue weighted by Crippen LogP contribution is -2.37. The molecular weight excluding hydrogens is 392 g/mol. The molecule has 2 aromatic carbocycles. The average Bonchev–Trinajstić information content (AvgIpc) is 3.39. The molecule has 6 heteroatoms. The minimum Gasteiger partial charge on any atom is -0.376 e. The lowest BCUT2D eigenvalue weighted by atomic mass is 10.1. The fourth-order valence-corrected chi connectivity index (χ4v) is 4.32. The van der Waals surface area contributed by atoms with Crippen LogP contribution in [-0.2, 0) is 4.74 Å². The summed E-state index contributed by atoms with van der Waals surface area (Å²) in [6.45, 7) is 3.28. The van der Waals surface area contributed by atoms with E-state index in [1.54, 1.807) is 17.0 Å².